The molecule has 1 rings (SSSR count). The number of hydrogen-bond acceptors (Lipinski definition) is 1. The Hall–Kier alpha value is 0.480. The van der Waals surface area contributed by atoms with E-state index in [4.69, 9.17) is 0 Å². The van der Waals surface area contributed by atoms with E-state index >= 15 is 0 Å². The van der Waals surface area contributed by atoms with Gasteiger partial charge in [-0.05, 0) is 28.7 Å². The maximum absolute atomic E-state index is 4.62. The molecule has 0 aromatic rings. The van der Waals surface area contributed by atoms with E-state index in [0.717, 1.165) is 8.58 Å². The molecule has 0 radical (unpaired) electrons. The van der Waals surface area contributed by atoms with Crippen molar-refractivity contribution in [1.82, 2.24) is 0 Å². The Morgan fingerprint density at radius 3 is 3.00 bits per heavy atom. The molecule has 1 aliphatic rings. The van der Waals surface area contributed by atoms with Crippen LogP contribution in [0.15, 0.2) is 11.4 Å². The van der Waals surface area contributed by atoms with E-state index in [9.17, 15) is 0 Å². The summed E-state index contributed by atoms with van der Waals surface area (Å²) >= 11 is 4.62. The molecule has 1 saturated heterocycles. The van der Waals surface area contributed by atoms with Crippen LogP contribution >= 0.6 is 8.58 Å². The lowest BCUT2D eigenvalue weighted by Gasteiger charge is -1.58. The Balaban J connectivity index is 2.46. The van der Waals surface area contributed by atoms with Crippen LogP contribution in [-0.4, -0.2) is 11.5 Å². The fraction of sp³-hybridized carbons (Fsp3) is 0.250. The van der Waals surface area contributed by atoms with Crippen LogP contribution in [0.1, 0.15) is 0 Å². The van der Waals surface area contributed by atoms with Gasteiger partial charge in [-0.1, -0.05) is 18.5 Å². The van der Waals surface area contributed by atoms with E-state index in [-0.39, 0.29) is 0 Å². The first-order valence-electron chi connectivity index (χ1n) is 1.98. The minimum atomic E-state index is 1.10. The molecule has 3 heteroatoms. The molecule has 1 atom stereocenters. The van der Waals surface area contributed by atoms with Gasteiger partial charge in [-0.25, -0.2) is 0 Å². The molecule has 1 heterocycles. The first kappa shape index (κ1) is 5.61. The summed E-state index contributed by atoms with van der Waals surface area (Å²) in [5.74, 6) is 0. The summed E-state index contributed by atoms with van der Waals surface area (Å²) in [6.45, 7) is 0. The summed E-state index contributed by atoms with van der Waals surface area (Å²) in [5, 5.41) is 3.53. The molecule has 0 saturated carbocycles. The van der Waals surface area contributed by atoms with Gasteiger partial charge in [-0.3, -0.25) is 0 Å². The lowest BCUT2D eigenvalue weighted by atomic mass is 10.6. The van der Waals surface area contributed by atoms with Crippen LogP contribution in [0.4, 0.5) is 0 Å². The van der Waals surface area contributed by atoms with Crippen molar-refractivity contribution in [3.8, 4) is 0 Å². The monoisotopic (exact) mass is 148 g/mol. The molecule has 0 N–H and O–H groups in total. The quantitative estimate of drug-likeness (QED) is 0.302. The van der Waals surface area contributed by atoms with Crippen molar-refractivity contribution in [2.75, 3.05) is 6.16 Å². The van der Waals surface area contributed by atoms with Crippen LogP contribution < -0.4 is 0 Å². The fourth-order valence-corrected chi connectivity index (χ4v) is 1.21. The van der Waals surface area contributed by atoms with Gasteiger partial charge in [0, 0.05) is 5.37 Å². The molecule has 0 bridgehead atoms. The summed E-state index contributed by atoms with van der Waals surface area (Å²) in [4.78, 5) is 0. The second-order valence-corrected chi connectivity index (χ2v) is 3.67. The zero-order chi connectivity index (χ0) is 5.11. The second-order valence-electron chi connectivity index (χ2n) is 1.28. The van der Waals surface area contributed by atoms with Gasteiger partial charge in [0.25, 0.3) is 0 Å². The van der Waals surface area contributed by atoms with Crippen molar-refractivity contribution >= 4 is 35.0 Å². The second kappa shape index (κ2) is 2.71. The van der Waals surface area contributed by atoms with Crippen molar-refractivity contribution < 1.29 is 0 Å². The van der Waals surface area contributed by atoms with Crippen molar-refractivity contribution in [2.45, 2.75) is 0 Å². The van der Waals surface area contributed by atoms with Crippen molar-refractivity contribution in [3.05, 3.63) is 11.4 Å². The van der Waals surface area contributed by atoms with E-state index in [0.29, 0.717) is 0 Å². The van der Waals surface area contributed by atoms with Crippen molar-refractivity contribution in [2.24, 2.45) is 0 Å². The average molecular weight is 148 g/mol. The first-order valence-corrected chi connectivity index (χ1v) is 4.99. The Morgan fingerprint density at radius 1 is 1.86 bits per heavy atom. The van der Waals surface area contributed by atoms with E-state index in [1.165, 1.54) is 16.1 Å². The van der Waals surface area contributed by atoms with E-state index in [1.54, 1.807) is 5.31 Å². The van der Waals surface area contributed by atoms with Crippen LogP contribution in [-0.2, 0) is 21.1 Å². The fourth-order valence-electron chi connectivity index (χ4n) is 0.279. The smallest absolute Gasteiger partial charge is 0.00249 e. The van der Waals surface area contributed by atoms with Gasteiger partial charge >= 0.3 is 0 Å². The lowest BCUT2D eigenvalue weighted by Crippen LogP contribution is -1.55. The third-order valence-electron chi connectivity index (χ3n) is 0.706. The van der Waals surface area contributed by atoms with Gasteiger partial charge in [0.15, 0.2) is 0 Å². The summed E-state index contributed by atoms with van der Waals surface area (Å²) in [5.41, 5.74) is 0. The van der Waals surface area contributed by atoms with Gasteiger partial charge in [0.1, 0.15) is 0 Å². The zero-order valence-corrected chi connectivity index (χ0v) is 6.31. The molecule has 0 spiro atoms. The summed E-state index contributed by atoms with van der Waals surface area (Å²) in [6.07, 6.45) is 3.45. The van der Waals surface area contributed by atoms with E-state index in [2.05, 4.69) is 17.3 Å². The van der Waals surface area contributed by atoms with Gasteiger partial charge < -0.3 is 0 Å². The molecular weight excluding hydrogens is 143 g/mol. The Labute approximate surface area is 53.0 Å². The Kier molecular flexibility index (Phi) is 2.17. The first-order chi connectivity index (χ1) is 3.43. The van der Waals surface area contributed by atoms with Gasteiger partial charge in [0.05, 0.1) is 0 Å². The largest absolute Gasteiger partial charge is 0.0899 e. The molecule has 7 heavy (non-hydrogen) atoms. The predicted molar refractivity (Wildman–Crippen MR) is 42.1 cm³/mol. The van der Waals surface area contributed by atoms with Crippen LogP contribution in [0, 0.1) is 0 Å². The highest BCUT2D eigenvalue weighted by Gasteiger charge is 2.07. The van der Waals surface area contributed by atoms with Crippen LogP contribution in [0.2, 0.25) is 0 Å². The third-order valence-corrected chi connectivity index (χ3v) is 2.21. The zero-order valence-electron chi connectivity index (χ0n) is 3.68. The topological polar surface area (TPSA) is 0 Å². The highest BCUT2D eigenvalue weighted by molar-refractivity contribution is 8.16. The summed E-state index contributed by atoms with van der Waals surface area (Å²) in [7, 11) is 2.46. The molecule has 0 aromatic heterocycles. The van der Waals surface area contributed by atoms with Gasteiger partial charge in [0.2, 0.25) is 0 Å². The molecule has 1 fully saturated rings. The maximum atomic E-state index is 4.62. The van der Waals surface area contributed by atoms with Crippen molar-refractivity contribution in [1.29, 1.82) is 0 Å². The van der Waals surface area contributed by atoms with Crippen molar-refractivity contribution in [3.63, 3.8) is 0 Å². The minimum absolute atomic E-state index is 1.10. The molecule has 1 unspecified atom stereocenters. The summed E-state index contributed by atoms with van der Waals surface area (Å²) in [6, 6.07) is 0. The molecule has 0 aliphatic carbocycles. The van der Waals surface area contributed by atoms with E-state index in [1.807, 2.05) is 5.37 Å². The summed E-state index contributed by atoms with van der Waals surface area (Å²) < 4.78 is 0. The SMILES string of the molecule is S=S=C/C=C1\CP1. The Morgan fingerprint density at radius 2 is 2.57 bits per heavy atom. The molecular formula is C4H5PS2. The highest BCUT2D eigenvalue weighted by Crippen LogP contribution is 2.42. The van der Waals surface area contributed by atoms with Crippen LogP contribution in [0.5, 0.6) is 0 Å². The minimum Gasteiger partial charge on any atom is -0.0899 e. The Bertz CT molecular complexity index is 138. The molecule has 0 amide bonds. The average Bonchev–Trinajstić information content (AvgIpc) is 2.42. The molecule has 0 nitrogen and oxygen atoms in total. The standard InChI is InChI=1S/C4H5PS2/c6-7-2-1-4-3-5-4/h1-2,5H,3H2/b4-1+. The predicted octanol–water partition coefficient (Wildman–Crippen LogP) is 0.909. The number of rotatable bonds is 1. The molecule has 1 aliphatic heterocycles. The van der Waals surface area contributed by atoms with Crippen LogP contribution in [0.3, 0.4) is 0 Å². The number of allylic oxidation sites excluding steroid dienone is 2. The van der Waals surface area contributed by atoms with Gasteiger partial charge in [-0.2, -0.15) is 0 Å². The van der Waals surface area contributed by atoms with Crippen LogP contribution in [0.25, 0.3) is 0 Å². The normalized spacial score (nSPS) is 25.4. The van der Waals surface area contributed by atoms with E-state index < -0.39 is 0 Å². The number of hydrogen-bond donors (Lipinski definition) is 0. The molecule has 38 valence electrons. The molecule has 0 aromatic carbocycles. The maximum Gasteiger partial charge on any atom is 0.00249 e. The van der Waals surface area contributed by atoms with Gasteiger partial charge in [-0.15, -0.1) is 0 Å². The lowest BCUT2D eigenvalue weighted by molar-refractivity contribution is 1.92. The third kappa shape index (κ3) is 2.32. The highest BCUT2D eigenvalue weighted by atomic mass is 32.8.